The van der Waals surface area contributed by atoms with Crippen molar-refractivity contribution in [2.45, 2.75) is 33.1 Å². The Morgan fingerprint density at radius 1 is 1.25 bits per heavy atom. The van der Waals surface area contributed by atoms with E-state index in [-0.39, 0.29) is 6.61 Å². The lowest BCUT2D eigenvalue weighted by Gasteiger charge is -2.08. The summed E-state index contributed by atoms with van der Waals surface area (Å²) in [7, 11) is 1.64. The van der Waals surface area contributed by atoms with Gasteiger partial charge >= 0.3 is 0 Å². The Morgan fingerprint density at radius 2 is 2.00 bits per heavy atom. The normalized spacial score (nSPS) is 10.9. The van der Waals surface area contributed by atoms with Crippen molar-refractivity contribution in [3.63, 3.8) is 0 Å². The van der Waals surface area contributed by atoms with Gasteiger partial charge in [-0.25, -0.2) is 0 Å². The van der Waals surface area contributed by atoms with Gasteiger partial charge in [0.15, 0.2) is 11.6 Å². The van der Waals surface area contributed by atoms with Gasteiger partial charge in [0, 0.05) is 20.3 Å². The summed E-state index contributed by atoms with van der Waals surface area (Å²) in [6.07, 6.45) is 0.971. The van der Waals surface area contributed by atoms with E-state index < -0.39 is 0 Å². The number of aromatic nitrogens is 3. The molecule has 0 aliphatic heterocycles. The third kappa shape index (κ3) is 3.55. The lowest BCUT2D eigenvalue weighted by atomic mass is 10.5. The molecule has 1 heterocycles. The molecule has 0 unspecified atom stereocenters. The molecule has 0 bridgehead atoms. The summed E-state index contributed by atoms with van der Waals surface area (Å²) in [6.45, 7) is 4.24. The van der Waals surface area contributed by atoms with E-state index in [1.54, 1.807) is 7.11 Å². The monoisotopic (exact) mass is 229 g/mol. The lowest BCUT2D eigenvalue weighted by molar-refractivity contribution is 0.110. The van der Waals surface area contributed by atoms with Crippen LogP contribution in [0, 0.1) is 0 Å². The van der Waals surface area contributed by atoms with Gasteiger partial charge in [-0.05, 0) is 6.42 Å². The highest BCUT2D eigenvalue weighted by Gasteiger charge is 2.10. The van der Waals surface area contributed by atoms with Gasteiger partial charge in [-0.3, -0.25) is 0 Å². The van der Waals surface area contributed by atoms with Crippen LogP contribution in [0.5, 0.6) is 0 Å². The van der Waals surface area contributed by atoms with Crippen molar-refractivity contribution in [1.29, 1.82) is 0 Å². The zero-order valence-electron chi connectivity index (χ0n) is 9.85. The molecule has 6 heteroatoms. The molecule has 1 rings (SSSR count). The fourth-order valence-corrected chi connectivity index (χ4v) is 1.34. The Balaban J connectivity index is 2.62. The molecular formula is C10H19N3O3. The molecule has 0 spiro atoms. The van der Waals surface area contributed by atoms with E-state index in [1.807, 2.05) is 4.57 Å². The SMILES string of the molecule is CCCOCc1nnc(CO)n1CCOC. The molecule has 6 nitrogen and oxygen atoms in total. The molecule has 0 amide bonds. The zero-order valence-corrected chi connectivity index (χ0v) is 9.85. The maximum Gasteiger partial charge on any atom is 0.159 e. The van der Waals surface area contributed by atoms with Crippen molar-refractivity contribution in [3.05, 3.63) is 11.6 Å². The summed E-state index contributed by atoms with van der Waals surface area (Å²) in [4.78, 5) is 0. The van der Waals surface area contributed by atoms with Gasteiger partial charge < -0.3 is 19.1 Å². The van der Waals surface area contributed by atoms with E-state index in [4.69, 9.17) is 14.6 Å². The Bertz CT molecular complexity index is 301. The largest absolute Gasteiger partial charge is 0.388 e. The molecule has 1 aromatic rings. The molecule has 0 fully saturated rings. The first kappa shape index (κ1) is 13.1. The summed E-state index contributed by atoms with van der Waals surface area (Å²) in [6, 6.07) is 0. The molecule has 1 aromatic heterocycles. The van der Waals surface area contributed by atoms with Crippen molar-refractivity contribution in [2.24, 2.45) is 0 Å². The number of nitrogens with zero attached hydrogens (tertiary/aromatic N) is 3. The Morgan fingerprint density at radius 3 is 2.62 bits per heavy atom. The number of aliphatic hydroxyl groups is 1. The second-order valence-corrected chi connectivity index (χ2v) is 3.39. The van der Waals surface area contributed by atoms with Crippen LogP contribution >= 0.6 is 0 Å². The van der Waals surface area contributed by atoms with Crippen LogP contribution in [0.1, 0.15) is 25.0 Å². The molecule has 0 atom stereocenters. The number of rotatable bonds is 8. The molecule has 16 heavy (non-hydrogen) atoms. The van der Waals surface area contributed by atoms with E-state index >= 15 is 0 Å². The molecule has 0 radical (unpaired) electrons. The van der Waals surface area contributed by atoms with Crippen LogP contribution in [-0.4, -0.2) is 40.2 Å². The third-order valence-corrected chi connectivity index (χ3v) is 2.14. The van der Waals surface area contributed by atoms with Crippen molar-refractivity contribution >= 4 is 0 Å². The summed E-state index contributed by atoms with van der Waals surface area (Å²) in [5.74, 6) is 1.28. The third-order valence-electron chi connectivity index (χ3n) is 2.14. The number of methoxy groups -OCH3 is 1. The molecule has 0 aliphatic rings. The van der Waals surface area contributed by atoms with Gasteiger partial charge in [0.2, 0.25) is 0 Å². The molecule has 0 saturated carbocycles. The molecular weight excluding hydrogens is 210 g/mol. The summed E-state index contributed by atoms with van der Waals surface area (Å²) < 4.78 is 12.2. The fourth-order valence-electron chi connectivity index (χ4n) is 1.34. The van der Waals surface area contributed by atoms with Gasteiger partial charge in [-0.15, -0.1) is 10.2 Å². The predicted molar refractivity (Wildman–Crippen MR) is 57.8 cm³/mol. The number of aliphatic hydroxyl groups excluding tert-OH is 1. The molecule has 1 N–H and O–H groups in total. The van der Waals surface area contributed by atoms with E-state index in [1.165, 1.54) is 0 Å². The highest BCUT2D eigenvalue weighted by molar-refractivity contribution is 4.93. The summed E-state index contributed by atoms with van der Waals surface area (Å²) in [5, 5.41) is 17.0. The summed E-state index contributed by atoms with van der Waals surface area (Å²) in [5.41, 5.74) is 0. The first-order valence-corrected chi connectivity index (χ1v) is 5.42. The Kier molecular flexibility index (Phi) is 5.99. The quantitative estimate of drug-likeness (QED) is 0.651. The minimum absolute atomic E-state index is 0.121. The van der Waals surface area contributed by atoms with Crippen LogP contribution in [0.4, 0.5) is 0 Å². The van der Waals surface area contributed by atoms with E-state index in [9.17, 15) is 0 Å². The average molecular weight is 229 g/mol. The number of hydrogen-bond acceptors (Lipinski definition) is 5. The van der Waals surface area contributed by atoms with Gasteiger partial charge in [0.25, 0.3) is 0 Å². The van der Waals surface area contributed by atoms with Crippen LogP contribution in [0.2, 0.25) is 0 Å². The Labute approximate surface area is 95.2 Å². The molecule has 0 saturated heterocycles. The van der Waals surface area contributed by atoms with Crippen molar-refractivity contribution < 1.29 is 14.6 Å². The van der Waals surface area contributed by atoms with Crippen LogP contribution in [0.25, 0.3) is 0 Å². The topological polar surface area (TPSA) is 69.4 Å². The van der Waals surface area contributed by atoms with Gasteiger partial charge in [-0.2, -0.15) is 0 Å². The van der Waals surface area contributed by atoms with Crippen LogP contribution < -0.4 is 0 Å². The fraction of sp³-hybridized carbons (Fsp3) is 0.800. The van der Waals surface area contributed by atoms with Crippen molar-refractivity contribution in [3.8, 4) is 0 Å². The second-order valence-electron chi connectivity index (χ2n) is 3.39. The standard InChI is InChI=1S/C10H19N3O3/c1-3-5-16-8-10-12-11-9(7-14)13(10)4-6-15-2/h14H,3-8H2,1-2H3. The highest BCUT2D eigenvalue weighted by Crippen LogP contribution is 2.04. The van der Waals surface area contributed by atoms with Crippen LogP contribution in [-0.2, 0) is 29.2 Å². The highest BCUT2D eigenvalue weighted by atomic mass is 16.5. The van der Waals surface area contributed by atoms with E-state index in [2.05, 4.69) is 17.1 Å². The minimum Gasteiger partial charge on any atom is -0.388 e. The van der Waals surface area contributed by atoms with E-state index in [0.717, 1.165) is 12.2 Å². The van der Waals surface area contributed by atoms with Crippen LogP contribution in [0.15, 0.2) is 0 Å². The minimum atomic E-state index is -0.121. The molecule has 0 aromatic carbocycles. The smallest absolute Gasteiger partial charge is 0.159 e. The van der Waals surface area contributed by atoms with Crippen molar-refractivity contribution in [1.82, 2.24) is 14.8 Å². The van der Waals surface area contributed by atoms with E-state index in [0.29, 0.717) is 32.2 Å². The number of ether oxygens (including phenoxy) is 2. The van der Waals surface area contributed by atoms with Gasteiger partial charge in [-0.1, -0.05) is 6.92 Å². The maximum atomic E-state index is 9.10. The van der Waals surface area contributed by atoms with Crippen LogP contribution in [0.3, 0.4) is 0 Å². The molecule has 0 aliphatic carbocycles. The van der Waals surface area contributed by atoms with Gasteiger partial charge in [0.05, 0.1) is 6.61 Å². The first-order chi connectivity index (χ1) is 7.83. The second kappa shape index (κ2) is 7.32. The first-order valence-electron chi connectivity index (χ1n) is 5.42. The van der Waals surface area contributed by atoms with Crippen molar-refractivity contribution in [2.75, 3.05) is 20.3 Å². The number of hydrogen-bond donors (Lipinski definition) is 1. The predicted octanol–water partition coefficient (Wildman–Crippen LogP) is 0.343. The molecule has 92 valence electrons. The zero-order chi connectivity index (χ0) is 11.8. The lowest BCUT2D eigenvalue weighted by Crippen LogP contribution is -2.12. The maximum absolute atomic E-state index is 9.10. The average Bonchev–Trinajstić information content (AvgIpc) is 2.69. The van der Waals surface area contributed by atoms with Gasteiger partial charge in [0.1, 0.15) is 13.2 Å². The summed E-state index contributed by atoms with van der Waals surface area (Å²) >= 11 is 0. The Hall–Kier alpha value is -0.980.